The lowest BCUT2D eigenvalue weighted by Crippen LogP contribution is -2.49. The van der Waals surface area contributed by atoms with Crippen LogP contribution >= 0.6 is 12.2 Å². The Morgan fingerprint density at radius 1 is 1.31 bits per heavy atom. The van der Waals surface area contributed by atoms with Gasteiger partial charge in [0.2, 0.25) is 5.91 Å². The van der Waals surface area contributed by atoms with E-state index in [-0.39, 0.29) is 24.3 Å². The van der Waals surface area contributed by atoms with Crippen molar-refractivity contribution in [1.29, 1.82) is 0 Å². The third-order valence-corrected chi connectivity index (χ3v) is 5.37. The van der Waals surface area contributed by atoms with Crippen LogP contribution in [0.2, 0.25) is 0 Å². The number of carbonyl (C=O) groups excluding carboxylic acids is 1. The fourth-order valence-electron chi connectivity index (χ4n) is 3.25. The molecule has 1 saturated carbocycles. The quantitative estimate of drug-likeness (QED) is 0.708. The van der Waals surface area contributed by atoms with Crippen molar-refractivity contribution in [1.82, 2.24) is 15.5 Å². The van der Waals surface area contributed by atoms with Gasteiger partial charge in [0, 0.05) is 24.2 Å². The lowest BCUT2D eigenvalue weighted by molar-refractivity contribution is -0.120. The Hall–Kier alpha value is -1.69. The molecule has 0 aromatic heterocycles. The molecule has 26 heavy (non-hydrogen) atoms. The molecule has 1 aliphatic carbocycles. The Kier molecular flexibility index (Phi) is 8.29. The van der Waals surface area contributed by atoms with Crippen molar-refractivity contribution in [2.75, 3.05) is 6.54 Å². The average Bonchev–Trinajstić information content (AvgIpc) is 2.66. The highest BCUT2D eigenvalue weighted by molar-refractivity contribution is 7.80. The van der Waals surface area contributed by atoms with Crippen molar-refractivity contribution >= 4 is 23.2 Å². The summed E-state index contributed by atoms with van der Waals surface area (Å²) in [6.45, 7) is 4.57. The summed E-state index contributed by atoms with van der Waals surface area (Å²) in [5.74, 6) is -0.290. The molecule has 0 saturated heterocycles. The van der Waals surface area contributed by atoms with Crippen LogP contribution in [0.25, 0.3) is 0 Å². The zero-order chi connectivity index (χ0) is 18.9. The molecule has 6 heteroatoms. The van der Waals surface area contributed by atoms with E-state index < -0.39 is 0 Å². The smallest absolute Gasteiger partial charge is 0.239 e. The molecule has 0 unspecified atom stereocenters. The SMILES string of the molecule is CC[C@H](C)NC(=O)CNC(=S)N(Cc1ccccc1F)C1CCCCC1. The minimum absolute atomic E-state index is 0.0730. The number of thiocarbonyl (C=S) groups is 1. The van der Waals surface area contributed by atoms with Gasteiger partial charge in [-0.1, -0.05) is 44.4 Å². The van der Waals surface area contributed by atoms with Gasteiger partial charge in [-0.25, -0.2) is 4.39 Å². The second-order valence-corrected chi connectivity index (χ2v) is 7.43. The number of carbonyl (C=O) groups is 1. The van der Waals surface area contributed by atoms with Crippen LogP contribution in [0.5, 0.6) is 0 Å². The predicted octanol–water partition coefficient (Wildman–Crippen LogP) is 3.75. The zero-order valence-electron chi connectivity index (χ0n) is 15.8. The highest BCUT2D eigenvalue weighted by Gasteiger charge is 2.24. The maximum Gasteiger partial charge on any atom is 0.239 e. The van der Waals surface area contributed by atoms with Gasteiger partial charge in [-0.15, -0.1) is 0 Å². The highest BCUT2D eigenvalue weighted by atomic mass is 32.1. The number of benzene rings is 1. The van der Waals surface area contributed by atoms with Crippen molar-refractivity contribution in [3.63, 3.8) is 0 Å². The summed E-state index contributed by atoms with van der Waals surface area (Å²) >= 11 is 5.57. The summed E-state index contributed by atoms with van der Waals surface area (Å²) in [4.78, 5) is 14.1. The third kappa shape index (κ3) is 6.24. The van der Waals surface area contributed by atoms with Crippen LogP contribution in [-0.4, -0.2) is 34.5 Å². The summed E-state index contributed by atoms with van der Waals surface area (Å²) in [7, 11) is 0. The van der Waals surface area contributed by atoms with Crippen molar-refractivity contribution in [3.05, 3.63) is 35.6 Å². The van der Waals surface area contributed by atoms with E-state index in [0.717, 1.165) is 32.1 Å². The topological polar surface area (TPSA) is 44.4 Å². The molecule has 1 aliphatic rings. The first-order valence-corrected chi connectivity index (χ1v) is 9.99. The van der Waals surface area contributed by atoms with Crippen LogP contribution in [0.4, 0.5) is 4.39 Å². The second-order valence-electron chi connectivity index (χ2n) is 7.05. The van der Waals surface area contributed by atoms with Gasteiger partial charge in [0.25, 0.3) is 0 Å². The first kappa shape index (κ1) is 20.6. The van der Waals surface area contributed by atoms with Gasteiger partial charge in [-0.05, 0) is 44.5 Å². The van der Waals surface area contributed by atoms with Crippen molar-refractivity contribution in [2.24, 2.45) is 0 Å². The number of hydrogen-bond donors (Lipinski definition) is 2. The van der Waals surface area contributed by atoms with Gasteiger partial charge in [-0.2, -0.15) is 0 Å². The van der Waals surface area contributed by atoms with E-state index >= 15 is 0 Å². The van der Waals surface area contributed by atoms with Crippen LogP contribution in [-0.2, 0) is 11.3 Å². The van der Waals surface area contributed by atoms with Gasteiger partial charge < -0.3 is 15.5 Å². The zero-order valence-corrected chi connectivity index (χ0v) is 16.6. The van der Waals surface area contributed by atoms with E-state index in [0.29, 0.717) is 23.3 Å². The molecule has 0 aliphatic heterocycles. The molecule has 0 radical (unpaired) electrons. The van der Waals surface area contributed by atoms with Gasteiger partial charge in [-0.3, -0.25) is 4.79 Å². The lowest BCUT2D eigenvalue weighted by atomic mass is 9.94. The van der Waals surface area contributed by atoms with E-state index in [9.17, 15) is 9.18 Å². The molecule has 1 fully saturated rings. The van der Waals surface area contributed by atoms with Crippen LogP contribution in [0.1, 0.15) is 57.9 Å². The summed E-state index contributed by atoms with van der Waals surface area (Å²) in [6, 6.07) is 7.24. The predicted molar refractivity (Wildman–Crippen MR) is 107 cm³/mol. The highest BCUT2D eigenvalue weighted by Crippen LogP contribution is 2.24. The number of nitrogens with one attached hydrogen (secondary N) is 2. The van der Waals surface area contributed by atoms with E-state index in [1.54, 1.807) is 12.1 Å². The molecule has 144 valence electrons. The summed E-state index contributed by atoms with van der Waals surface area (Å²) < 4.78 is 14.1. The number of rotatable bonds is 7. The Morgan fingerprint density at radius 2 is 2.00 bits per heavy atom. The fourth-order valence-corrected chi connectivity index (χ4v) is 3.54. The molecule has 0 bridgehead atoms. The Morgan fingerprint density at radius 3 is 2.65 bits per heavy atom. The minimum atomic E-state index is -0.217. The monoisotopic (exact) mass is 379 g/mol. The summed E-state index contributed by atoms with van der Waals surface area (Å²) in [6.07, 6.45) is 6.55. The van der Waals surface area contributed by atoms with E-state index in [1.165, 1.54) is 12.5 Å². The first-order valence-electron chi connectivity index (χ1n) is 9.58. The number of nitrogens with zero attached hydrogens (tertiary/aromatic N) is 1. The molecule has 4 nitrogen and oxygen atoms in total. The van der Waals surface area contributed by atoms with Gasteiger partial charge in [0.1, 0.15) is 5.82 Å². The standard InChI is InChI=1S/C20H30FN3OS/c1-3-15(2)23-19(25)13-22-20(26)24(17-10-5-4-6-11-17)14-16-9-7-8-12-18(16)21/h7-9,12,15,17H,3-6,10-11,13-14H2,1-2H3,(H,22,26)(H,23,25)/t15-/m0/s1. The van der Waals surface area contributed by atoms with Gasteiger partial charge in [0.15, 0.2) is 5.11 Å². The van der Waals surface area contributed by atoms with E-state index in [2.05, 4.69) is 15.5 Å². The first-order chi connectivity index (χ1) is 12.5. The number of hydrogen-bond acceptors (Lipinski definition) is 2. The second kappa shape index (κ2) is 10.5. The molecule has 0 heterocycles. The molecular formula is C20H30FN3OS. The summed E-state index contributed by atoms with van der Waals surface area (Å²) in [5, 5.41) is 6.52. The Balaban J connectivity index is 2.01. The van der Waals surface area contributed by atoms with E-state index in [4.69, 9.17) is 12.2 Å². The molecule has 1 atom stereocenters. The molecule has 0 spiro atoms. The maximum atomic E-state index is 14.1. The largest absolute Gasteiger partial charge is 0.353 e. The molecule has 1 aromatic rings. The third-order valence-electron chi connectivity index (χ3n) is 4.99. The molecular weight excluding hydrogens is 349 g/mol. The van der Waals surface area contributed by atoms with Crippen LogP contribution in [0.3, 0.4) is 0 Å². The maximum absolute atomic E-state index is 14.1. The normalized spacial score (nSPS) is 16.0. The van der Waals surface area contributed by atoms with Gasteiger partial charge >= 0.3 is 0 Å². The molecule has 1 amide bonds. The average molecular weight is 380 g/mol. The van der Waals surface area contributed by atoms with Crippen molar-refractivity contribution in [3.8, 4) is 0 Å². The van der Waals surface area contributed by atoms with Gasteiger partial charge in [0.05, 0.1) is 6.54 Å². The van der Waals surface area contributed by atoms with Crippen LogP contribution in [0, 0.1) is 5.82 Å². The fraction of sp³-hybridized carbons (Fsp3) is 0.600. The van der Waals surface area contributed by atoms with Crippen LogP contribution in [0.15, 0.2) is 24.3 Å². The van der Waals surface area contributed by atoms with Crippen molar-refractivity contribution < 1.29 is 9.18 Å². The Bertz CT molecular complexity index is 604. The van der Waals surface area contributed by atoms with E-state index in [1.807, 2.05) is 19.9 Å². The number of amides is 1. The summed E-state index contributed by atoms with van der Waals surface area (Å²) in [5.41, 5.74) is 0.631. The van der Waals surface area contributed by atoms with Crippen LogP contribution < -0.4 is 10.6 Å². The molecule has 1 aromatic carbocycles. The molecule has 2 N–H and O–H groups in total. The minimum Gasteiger partial charge on any atom is -0.353 e. The molecule has 2 rings (SSSR count). The Labute approximate surface area is 161 Å². The number of halogens is 1. The lowest BCUT2D eigenvalue weighted by Gasteiger charge is -2.36. The van der Waals surface area contributed by atoms with Crippen molar-refractivity contribution in [2.45, 2.75) is 71.0 Å².